The summed E-state index contributed by atoms with van der Waals surface area (Å²) in [5.41, 5.74) is -2.38. The van der Waals surface area contributed by atoms with Crippen LogP contribution in [0.1, 0.15) is 74.1 Å². The van der Waals surface area contributed by atoms with Gasteiger partial charge in [-0.3, -0.25) is 4.79 Å². The molecule has 1 aliphatic rings. The lowest BCUT2D eigenvalue weighted by Crippen LogP contribution is -2.56. The summed E-state index contributed by atoms with van der Waals surface area (Å²) in [6.45, 7) is 13.5. The Morgan fingerprint density at radius 1 is 1.07 bits per heavy atom. The lowest BCUT2D eigenvalue weighted by Gasteiger charge is -2.42. The van der Waals surface area contributed by atoms with E-state index in [4.69, 9.17) is 0 Å². The van der Waals surface area contributed by atoms with Crippen molar-refractivity contribution in [2.24, 2.45) is 23.7 Å². The van der Waals surface area contributed by atoms with Crippen molar-refractivity contribution in [3.8, 4) is 0 Å². The highest BCUT2D eigenvalue weighted by atomic mass is 16.3. The number of carbonyl (C=O) groups excluding carboxylic acids is 1. The van der Waals surface area contributed by atoms with Crippen LogP contribution in [0.5, 0.6) is 0 Å². The molecule has 0 aromatic heterocycles. The van der Waals surface area contributed by atoms with E-state index < -0.39 is 35.2 Å². The molecule has 0 radical (unpaired) electrons. The van der Waals surface area contributed by atoms with Gasteiger partial charge in [0.15, 0.2) is 0 Å². The molecule has 1 rings (SSSR count). The zero-order valence-electron chi connectivity index (χ0n) is 19.7. The van der Waals surface area contributed by atoms with Gasteiger partial charge >= 0.3 is 0 Å². The second-order valence-corrected chi connectivity index (χ2v) is 10.4. The van der Waals surface area contributed by atoms with Crippen molar-refractivity contribution in [2.75, 3.05) is 13.6 Å². The number of aliphatic hydroxyl groups excluding tert-OH is 2. The Bertz CT molecular complexity index is 535. The first kappa shape index (κ1) is 26.5. The molecule has 0 bridgehead atoms. The number of nitrogens with zero attached hydrogens (tertiary/aromatic N) is 1. The minimum atomic E-state index is -1.43. The lowest BCUT2D eigenvalue weighted by molar-refractivity contribution is -0.143. The third kappa shape index (κ3) is 6.73. The van der Waals surface area contributed by atoms with Crippen molar-refractivity contribution in [1.29, 1.82) is 0 Å². The van der Waals surface area contributed by atoms with E-state index in [-0.39, 0.29) is 30.1 Å². The van der Waals surface area contributed by atoms with Gasteiger partial charge < -0.3 is 25.3 Å². The van der Waals surface area contributed by atoms with Crippen molar-refractivity contribution >= 4 is 5.78 Å². The van der Waals surface area contributed by atoms with Crippen LogP contribution in [-0.2, 0) is 4.79 Å². The molecule has 1 aliphatic heterocycles. The van der Waals surface area contributed by atoms with Gasteiger partial charge in [0.05, 0.1) is 23.4 Å². The molecule has 0 aliphatic carbocycles. The zero-order chi connectivity index (χ0) is 22.7. The molecule has 1 heterocycles. The highest BCUT2D eigenvalue weighted by Gasteiger charge is 2.44. The predicted molar refractivity (Wildman–Crippen MR) is 115 cm³/mol. The molecule has 0 amide bonds. The smallest absolute Gasteiger partial charge is 0.138 e. The molecule has 0 saturated carbocycles. The SMILES string of the molecule is CC[C@H]1CC(=O)[C@H](C)[C@@H](O)[C@H](C)C[C@](C)(O)C[C@@H](C)CN(C)[C@H](C)[C@@H](O)C1(C)O. The first-order valence-corrected chi connectivity index (χ1v) is 11.2. The van der Waals surface area contributed by atoms with Crippen molar-refractivity contribution in [2.45, 2.75) is 104 Å². The van der Waals surface area contributed by atoms with Crippen molar-refractivity contribution in [3.05, 3.63) is 0 Å². The van der Waals surface area contributed by atoms with Gasteiger partial charge in [-0.05, 0) is 58.4 Å². The van der Waals surface area contributed by atoms with Crippen LogP contribution >= 0.6 is 0 Å². The van der Waals surface area contributed by atoms with Crippen molar-refractivity contribution in [3.63, 3.8) is 0 Å². The summed E-state index contributed by atoms with van der Waals surface area (Å²) in [4.78, 5) is 14.9. The summed E-state index contributed by atoms with van der Waals surface area (Å²) in [6.07, 6.45) is -0.268. The molecule has 172 valence electrons. The van der Waals surface area contributed by atoms with Gasteiger partial charge in [-0.25, -0.2) is 0 Å². The van der Waals surface area contributed by atoms with E-state index >= 15 is 0 Å². The molecule has 29 heavy (non-hydrogen) atoms. The monoisotopic (exact) mass is 415 g/mol. The third-order valence-corrected chi connectivity index (χ3v) is 7.27. The minimum absolute atomic E-state index is 0.106. The fourth-order valence-corrected chi connectivity index (χ4v) is 5.22. The maximum atomic E-state index is 12.9. The summed E-state index contributed by atoms with van der Waals surface area (Å²) in [5, 5.41) is 43.8. The fourth-order valence-electron chi connectivity index (χ4n) is 5.22. The van der Waals surface area contributed by atoms with E-state index in [2.05, 4.69) is 6.92 Å². The lowest BCUT2D eigenvalue weighted by atomic mass is 9.74. The van der Waals surface area contributed by atoms with E-state index in [1.807, 2.05) is 32.7 Å². The number of Topliss-reactive ketones (excluding diaryl/α,β-unsaturated/α-hetero) is 1. The fraction of sp³-hybridized carbons (Fsp3) is 0.957. The molecule has 1 unspecified atom stereocenters. The summed E-state index contributed by atoms with van der Waals surface area (Å²) in [5.74, 6) is -1.19. The number of aliphatic hydroxyl groups is 4. The van der Waals surface area contributed by atoms with Crippen LogP contribution in [0.25, 0.3) is 0 Å². The van der Waals surface area contributed by atoms with Crippen LogP contribution in [0.2, 0.25) is 0 Å². The molecule has 9 atom stereocenters. The Balaban J connectivity index is 3.28. The molecule has 6 heteroatoms. The van der Waals surface area contributed by atoms with Gasteiger partial charge in [0.25, 0.3) is 0 Å². The maximum absolute atomic E-state index is 12.9. The van der Waals surface area contributed by atoms with Gasteiger partial charge in [-0.2, -0.15) is 0 Å². The highest BCUT2D eigenvalue weighted by Crippen LogP contribution is 2.34. The molecule has 0 spiro atoms. The van der Waals surface area contributed by atoms with Crippen LogP contribution in [0.4, 0.5) is 0 Å². The minimum Gasteiger partial charge on any atom is -0.392 e. The summed E-state index contributed by atoms with van der Waals surface area (Å²) < 4.78 is 0. The number of hydrogen-bond acceptors (Lipinski definition) is 6. The van der Waals surface area contributed by atoms with Gasteiger partial charge in [0.1, 0.15) is 5.78 Å². The Morgan fingerprint density at radius 3 is 2.14 bits per heavy atom. The van der Waals surface area contributed by atoms with E-state index in [0.29, 0.717) is 25.8 Å². The largest absolute Gasteiger partial charge is 0.392 e. The van der Waals surface area contributed by atoms with Crippen molar-refractivity contribution in [1.82, 2.24) is 4.90 Å². The second kappa shape index (κ2) is 10.2. The van der Waals surface area contributed by atoms with Gasteiger partial charge in [0.2, 0.25) is 0 Å². The van der Waals surface area contributed by atoms with E-state index in [1.54, 1.807) is 20.8 Å². The molecule has 6 nitrogen and oxygen atoms in total. The average Bonchev–Trinajstić information content (AvgIpc) is 2.60. The number of hydrogen-bond donors (Lipinski definition) is 4. The van der Waals surface area contributed by atoms with Crippen LogP contribution in [-0.4, -0.2) is 74.2 Å². The zero-order valence-corrected chi connectivity index (χ0v) is 19.7. The van der Waals surface area contributed by atoms with Crippen LogP contribution in [0.3, 0.4) is 0 Å². The number of likely N-dealkylation sites (N-methyl/N-ethyl adjacent to an activating group) is 1. The standard InChI is InChI=1S/C23H45NO5/c1-9-18-10-19(25)16(4)20(26)15(3)12-22(6,28)11-14(2)13-24(8)17(5)21(27)23(18,7)29/h14-18,20-21,26-29H,9-13H2,1-8H3/t14-,15-,16+,17-,18+,20+,21-,22-,23?/m1/s1. The van der Waals surface area contributed by atoms with E-state index in [1.165, 1.54) is 0 Å². The van der Waals surface area contributed by atoms with Gasteiger partial charge in [0, 0.05) is 24.9 Å². The third-order valence-electron chi connectivity index (χ3n) is 7.27. The first-order chi connectivity index (χ1) is 13.1. The predicted octanol–water partition coefficient (Wildman–Crippen LogP) is 2.22. The quantitative estimate of drug-likeness (QED) is 0.524. The Morgan fingerprint density at radius 2 is 1.62 bits per heavy atom. The van der Waals surface area contributed by atoms with Crippen molar-refractivity contribution < 1.29 is 25.2 Å². The molecule has 1 fully saturated rings. The summed E-state index contributed by atoms with van der Waals surface area (Å²) in [6, 6.07) is -0.311. The molecule has 1 saturated heterocycles. The van der Waals surface area contributed by atoms with E-state index in [9.17, 15) is 25.2 Å². The summed E-state index contributed by atoms with van der Waals surface area (Å²) >= 11 is 0. The highest BCUT2D eigenvalue weighted by molar-refractivity contribution is 5.81. The normalized spacial score (nSPS) is 47.4. The number of carbonyl (C=O) groups is 1. The maximum Gasteiger partial charge on any atom is 0.138 e. The van der Waals surface area contributed by atoms with E-state index in [0.717, 1.165) is 0 Å². The molecule has 4 N–H and O–H groups in total. The Labute approximate surface area is 177 Å². The van der Waals surface area contributed by atoms with Gasteiger partial charge in [-0.15, -0.1) is 0 Å². The number of ketones is 1. The average molecular weight is 416 g/mol. The van der Waals surface area contributed by atoms with Crippen LogP contribution < -0.4 is 0 Å². The molecular weight excluding hydrogens is 370 g/mol. The first-order valence-electron chi connectivity index (χ1n) is 11.2. The molecular formula is C23H45NO5. The Hall–Kier alpha value is -0.530. The van der Waals surface area contributed by atoms with Crippen LogP contribution in [0.15, 0.2) is 0 Å². The topological polar surface area (TPSA) is 101 Å². The number of rotatable bonds is 1. The van der Waals surface area contributed by atoms with Gasteiger partial charge in [-0.1, -0.05) is 34.1 Å². The summed E-state index contributed by atoms with van der Waals surface area (Å²) in [7, 11) is 1.91. The molecule has 0 aromatic carbocycles. The van der Waals surface area contributed by atoms with Crippen LogP contribution in [0, 0.1) is 23.7 Å². The molecule has 0 aromatic rings. The Kier molecular flexibility index (Phi) is 9.31. The second-order valence-electron chi connectivity index (χ2n) is 10.4.